The Morgan fingerprint density at radius 3 is 2.59 bits per heavy atom. The molecule has 114 valence electrons. The van der Waals surface area contributed by atoms with Crippen LogP contribution < -0.4 is 14.8 Å². The summed E-state index contributed by atoms with van der Waals surface area (Å²) in [4.78, 5) is 12.3. The summed E-state index contributed by atoms with van der Waals surface area (Å²) in [5, 5.41) is 2.96. The summed E-state index contributed by atoms with van der Waals surface area (Å²) in [5.41, 5.74) is 1.04. The molecule has 0 saturated heterocycles. The Kier molecular flexibility index (Phi) is 4.34. The Balaban J connectivity index is 1.64. The molecular weight excluding hydrogens is 346 g/mol. The predicted molar refractivity (Wildman–Crippen MR) is 87.1 cm³/mol. The van der Waals surface area contributed by atoms with Crippen LogP contribution in [0, 0.1) is 0 Å². The lowest BCUT2D eigenvalue weighted by molar-refractivity contribution is -0.131. The quantitative estimate of drug-likeness (QED) is 0.910. The van der Waals surface area contributed by atoms with Crippen molar-refractivity contribution in [3.63, 3.8) is 0 Å². The van der Waals surface area contributed by atoms with Gasteiger partial charge in [-0.05, 0) is 36.8 Å². The molecule has 0 fully saturated rings. The Bertz CT molecular complexity index is 672. The lowest BCUT2D eigenvalue weighted by Gasteiger charge is -2.26. The van der Waals surface area contributed by atoms with Crippen molar-refractivity contribution < 1.29 is 14.3 Å². The van der Waals surface area contributed by atoms with Crippen LogP contribution in [0.15, 0.2) is 53.0 Å². The van der Waals surface area contributed by atoms with Crippen molar-refractivity contribution in [3.05, 3.63) is 58.6 Å². The first-order chi connectivity index (χ1) is 10.6. The van der Waals surface area contributed by atoms with Gasteiger partial charge in [0.2, 0.25) is 6.10 Å². The fourth-order valence-corrected chi connectivity index (χ4v) is 2.55. The predicted octanol–water partition coefficient (Wildman–Crippen LogP) is 3.47. The molecule has 2 atom stereocenters. The number of fused-ring (bicyclic) bond motifs is 1. The van der Waals surface area contributed by atoms with Gasteiger partial charge in [0.15, 0.2) is 11.5 Å². The van der Waals surface area contributed by atoms with Crippen LogP contribution in [0.1, 0.15) is 18.5 Å². The van der Waals surface area contributed by atoms with Crippen molar-refractivity contribution in [2.45, 2.75) is 19.1 Å². The number of para-hydroxylation sites is 2. The molecule has 0 aromatic heterocycles. The number of ether oxygens (including phenoxy) is 2. The maximum Gasteiger partial charge on any atom is 0.265 e. The smallest absolute Gasteiger partial charge is 0.265 e. The van der Waals surface area contributed by atoms with Crippen molar-refractivity contribution >= 4 is 21.8 Å². The Morgan fingerprint density at radius 1 is 1.18 bits per heavy atom. The van der Waals surface area contributed by atoms with Crippen LogP contribution in [0.25, 0.3) is 0 Å². The Labute approximate surface area is 137 Å². The van der Waals surface area contributed by atoms with Gasteiger partial charge in [-0.1, -0.05) is 40.2 Å². The van der Waals surface area contributed by atoms with Crippen LogP contribution in [0.4, 0.5) is 0 Å². The van der Waals surface area contributed by atoms with E-state index < -0.39 is 6.10 Å². The molecule has 4 nitrogen and oxygen atoms in total. The van der Waals surface area contributed by atoms with Crippen LogP contribution in [0.3, 0.4) is 0 Å². The van der Waals surface area contributed by atoms with Crippen LogP contribution in [-0.4, -0.2) is 18.6 Å². The van der Waals surface area contributed by atoms with Crippen LogP contribution >= 0.6 is 15.9 Å². The van der Waals surface area contributed by atoms with Gasteiger partial charge in [-0.15, -0.1) is 0 Å². The molecule has 5 heteroatoms. The monoisotopic (exact) mass is 361 g/mol. The second-order valence-corrected chi connectivity index (χ2v) is 6.06. The number of amides is 1. The Morgan fingerprint density at radius 2 is 1.86 bits per heavy atom. The average molecular weight is 362 g/mol. The van der Waals surface area contributed by atoms with Gasteiger partial charge in [0, 0.05) is 4.47 Å². The third-order valence-corrected chi connectivity index (χ3v) is 4.06. The van der Waals surface area contributed by atoms with Gasteiger partial charge < -0.3 is 14.8 Å². The summed E-state index contributed by atoms with van der Waals surface area (Å²) >= 11 is 3.40. The van der Waals surface area contributed by atoms with Gasteiger partial charge in [-0.25, -0.2) is 0 Å². The van der Waals surface area contributed by atoms with Crippen LogP contribution in [0.2, 0.25) is 0 Å². The minimum absolute atomic E-state index is 0.0960. The summed E-state index contributed by atoms with van der Waals surface area (Å²) in [6.07, 6.45) is -0.632. The molecule has 2 aromatic rings. The summed E-state index contributed by atoms with van der Waals surface area (Å²) in [5.74, 6) is 1.10. The van der Waals surface area contributed by atoms with E-state index in [0.29, 0.717) is 11.5 Å². The van der Waals surface area contributed by atoms with Crippen LogP contribution in [0.5, 0.6) is 11.5 Å². The van der Waals surface area contributed by atoms with Gasteiger partial charge in [0.1, 0.15) is 6.61 Å². The summed E-state index contributed by atoms with van der Waals surface area (Å²) < 4.78 is 12.3. The molecule has 0 saturated carbocycles. The van der Waals surface area contributed by atoms with E-state index >= 15 is 0 Å². The van der Waals surface area contributed by atoms with Crippen molar-refractivity contribution in [3.8, 4) is 11.5 Å². The molecule has 22 heavy (non-hydrogen) atoms. The largest absolute Gasteiger partial charge is 0.485 e. The molecule has 1 N–H and O–H groups in total. The zero-order chi connectivity index (χ0) is 15.5. The van der Waals surface area contributed by atoms with Gasteiger partial charge in [-0.2, -0.15) is 0 Å². The topological polar surface area (TPSA) is 47.6 Å². The van der Waals surface area contributed by atoms with E-state index in [1.165, 1.54) is 0 Å². The molecule has 0 bridgehead atoms. The van der Waals surface area contributed by atoms with Gasteiger partial charge in [0.05, 0.1) is 6.04 Å². The third kappa shape index (κ3) is 3.25. The van der Waals surface area contributed by atoms with E-state index in [0.717, 1.165) is 10.0 Å². The van der Waals surface area contributed by atoms with Crippen molar-refractivity contribution in [2.24, 2.45) is 0 Å². The van der Waals surface area contributed by atoms with E-state index in [1.54, 1.807) is 6.07 Å². The summed E-state index contributed by atoms with van der Waals surface area (Å²) in [7, 11) is 0. The molecule has 0 spiro atoms. The Hall–Kier alpha value is -2.01. The first-order valence-electron chi connectivity index (χ1n) is 7.08. The number of nitrogens with one attached hydrogen (secondary N) is 1. The molecule has 0 radical (unpaired) electrons. The standard InChI is InChI=1S/C17H16BrNO3/c1-11(12-6-8-13(18)9-7-12)19-17(20)16-10-21-14-4-2-3-5-15(14)22-16/h2-9,11,16H,10H2,1H3,(H,19,20)/t11-,16-/m0/s1. The van der Waals surface area contributed by atoms with Crippen LogP contribution in [-0.2, 0) is 4.79 Å². The lowest BCUT2D eigenvalue weighted by Crippen LogP contribution is -2.44. The van der Waals surface area contributed by atoms with Gasteiger partial charge in [-0.3, -0.25) is 4.79 Å². The molecule has 0 aliphatic carbocycles. The molecular formula is C17H16BrNO3. The van der Waals surface area contributed by atoms with E-state index in [4.69, 9.17) is 9.47 Å². The normalized spacial score (nSPS) is 17.6. The highest BCUT2D eigenvalue weighted by atomic mass is 79.9. The maximum absolute atomic E-state index is 12.3. The fraction of sp³-hybridized carbons (Fsp3) is 0.235. The lowest BCUT2D eigenvalue weighted by atomic mass is 10.1. The molecule has 0 unspecified atom stereocenters. The molecule has 1 amide bonds. The van der Waals surface area contributed by atoms with E-state index in [-0.39, 0.29) is 18.6 Å². The van der Waals surface area contributed by atoms with Crippen molar-refractivity contribution in [1.29, 1.82) is 0 Å². The molecule has 1 aliphatic heterocycles. The molecule has 1 aliphatic rings. The highest BCUT2D eigenvalue weighted by molar-refractivity contribution is 9.10. The molecule has 3 rings (SSSR count). The van der Waals surface area contributed by atoms with E-state index in [1.807, 2.05) is 49.4 Å². The number of halogens is 1. The summed E-state index contributed by atoms with van der Waals surface area (Å²) in [6.45, 7) is 2.16. The second-order valence-electron chi connectivity index (χ2n) is 5.15. The number of hydrogen-bond donors (Lipinski definition) is 1. The van der Waals surface area contributed by atoms with Gasteiger partial charge in [0.25, 0.3) is 5.91 Å². The molecule has 1 heterocycles. The SMILES string of the molecule is C[C@H](NC(=O)[C@@H]1COc2ccccc2O1)c1ccc(Br)cc1. The number of carbonyl (C=O) groups is 1. The zero-order valence-corrected chi connectivity index (χ0v) is 13.7. The number of carbonyl (C=O) groups excluding carboxylic acids is 1. The number of hydrogen-bond acceptors (Lipinski definition) is 3. The second kappa shape index (κ2) is 6.40. The fourth-order valence-electron chi connectivity index (χ4n) is 2.29. The number of rotatable bonds is 3. The van der Waals surface area contributed by atoms with Crippen molar-refractivity contribution in [2.75, 3.05) is 6.61 Å². The van der Waals surface area contributed by atoms with Crippen molar-refractivity contribution in [1.82, 2.24) is 5.32 Å². The maximum atomic E-state index is 12.3. The minimum Gasteiger partial charge on any atom is -0.485 e. The average Bonchev–Trinajstić information content (AvgIpc) is 2.55. The first-order valence-corrected chi connectivity index (χ1v) is 7.87. The number of benzene rings is 2. The highest BCUT2D eigenvalue weighted by Gasteiger charge is 2.28. The zero-order valence-electron chi connectivity index (χ0n) is 12.1. The summed E-state index contributed by atoms with van der Waals surface area (Å²) in [6, 6.07) is 15.1. The first kappa shape index (κ1) is 14.9. The highest BCUT2D eigenvalue weighted by Crippen LogP contribution is 2.31. The third-order valence-electron chi connectivity index (χ3n) is 3.53. The molecule has 2 aromatic carbocycles. The minimum atomic E-state index is -0.632. The van der Waals surface area contributed by atoms with E-state index in [9.17, 15) is 4.79 Å². The van der Waals surface area contributed by atoms with Gasteiger partial charge >= 0.3 is 0 Å². The van der Waals surface area contributed by atoms with E-state index in [2.05, 4.69) is 21.2 Å².